The number of unbranched alkanes of at least 4 members (excludes halogenated alkanes) is 1. The van der Waals surface area contributed by atoms with E-state index in [0.717, 1.165) is 17.7 Å². The molecule has 4 N–H and O–H groups in total. The van der Waals surface area contributed by atoms with Crippen molar-refractivity contribution in [1.82, 2.24) is 4.90 Å². The fourth-order valence-corrected chi connectivity index (χ4v) is 4.57. The van der Waals surface area contributed by atoms with Crippen LogP contribution in [0.2, 0.25) is 0 Å². The van der Waals surface area contributed by atoms with E-state index < -0.39 is 37.5 Å². The number of rotatable bonds is 8. The summed E-state index contributed by atoms with van der Waals surface area (Å²) in [6.45, 7) is 0.115. The van der Waals surface area contributed by atoms with Crippen molar-refractivity contribution in [2.75, 3.05) is 18.9 Å². The Morgan fingerprint density at radius 3 is 2.56 bits per heavy atom. The van der Waals surface area contributed by atoms with Crippen molar-refractivity contribution in [3.63, 3.8) is 0 Å². The van der Waals surface area contributed by atoms with Crippen LogP contribution in [0.5, 0.6) is 0 Å². The molecular formula is C17H25N2O5P. The number of hydrogen-bond acceptors (Lipinski definition) is 4. The summed E-state index contributed by atoms with van der Waals surface area (Å²) in [5, 5.41) is 9.15. The van der Waals surface area contributed by atoms with Gasteiger partial charge in [0.25, 0.3) is 0 Å². The van der Waals surface area contributed by atoms with Gasteiger partial charge in [-0.3, -0.25) is 9.36 Å². The Morgan fingerprint density at radius 2 is 1.92 bits per heavy atom. The first-order valence-electron chi connectivity index (χ1n) is 8.41. The minimum absolute atomic E-state index is 0.0587. The average Bonchev–Trinajstić information content (AvgIpc) is 2.95. The van der Waals surface area contributed by atoms with Crippen molar-refractivity contribution in [3.8, 4) is 0 Å². The van der Waals surface area contributed by atoms with Gasteiger partial charge in [-0.2, -0.15) is 0 Å². The zero-order valence-corrected chi connectivity index (χ0v) is 15.0. The molecule has 138 valence electrons. The van der Waals surface area contributed by atoms with Gasteiger partial charge in [0.1, 0.15) is 12.2 Å². The quantitative estimate of drug-likeness (QED) is 0.470. The number of carbonyl (C=O) groups excluding carboxylic acids is 1. The summed E-state index contributed by atoms with van der Waals surface area (Å²) in [6.07, 6.45) is 1.83. The van der Waals surface area contributed by atoms with Gasteiger partial charge in [0.2, 0.25) is 13.3 Å². The maximum absolute atomic E-state index is 12.3. The molecule has 0 aliphatic carbocycles. The number of carboxylic acids is 1. The molecule has 2 rings (SSSR count). The first kappa shape index (κ1) is 19.6. The SMILES string of the molecule is N[C@H]1C[C@@H](C(=O)O)N(C(=O)CP(=O)(O)CCCCc2ccccc2)C1. The molecule has 1 aliphatic rings. The Hall–Kier alpha value is -1.69. The van der Waals surface area contributed by atoms with Gasteiger partial charge in [0.05, 0.1) is 0 Å². The molecule has 7 nitrogen and oxygen atoms in total. The Balaban J connectivity index is 1.80. The van der Waals surface area contributed by atoms with E-state index in [1.54, 1.807) is 0 Å². The summed E-state index contributed by atoms with van der Waals surface area (Å²) in [7, 11) is -3.62. The highest BCUT2D eigenvalue weighted by atomic mass is 31.2. The lowest BCUT2D eigenvalue weighted by Gasteiger charge is -2.22. The lowest BCUT2D eigenvalue weighted by Crippen LogP contribution is -2.42. The van der Waals surface area contributed by atoms with Crippen molar-refractivity contribution in [1.29, 1.82) is 0 Å². The van der Waals surface area contributed by atoms with E-state index in [9.17, 15) is 19.0 Å². The summed E-state index contributed by atoms with van der Waals surface area (Å²) in [4.78, 5) is 34.6. The molecule has 1 heterocycles. The number of benzene rings is 1. The number of carboxylic acid groups (broad SMARTS) is 1. The van der Waals surface area contributed by atoms with E-state index in [0.29, 0.717) is 6.42 Å². The molecule has 1 unspecified atom stereocenters. The third-order valence-corrected chi connectivity index (χ3v) is 6.17. The lowest BCUT2D eigenvalue weighted by molar-refractivity contribution is -0.147. The average molecular weight is 368 g/mol. The molecule has 8 heteroatoms. The largest absolute Gasteiger partial charge is 0.480 e. The molecule has 0 spiro atoms. The predicted molar refractivity (Wildman–Crippen MR) is 94.7 cm³/mol. The number of likely N-dealkylation sites (tertiary alicyclic amines) is 1. The van der Waals surface area contributed by atoms with Crippen LogP contribution in [0.1, 0.15) is 24.8 Å². The molecular weight excluding hydrogens is 343 g/mol. The van der Waals surface area contributed by atoms with Crippen molar-refractivity contribution in [2.24, 2.45) is 5.73 Å². The number of hydrogen-bond donors (Lipinski definition) is 3. The molecule has 1 fully saturated rings. The summed E-state index contributed by atoms with van der Waals surface area (Å²) in [5.74, 6) is -1.73. The molecule has 1 aromatic rings. The second-order valence-corrected chi connectivity index (χ2v) is 9.02. The minimum Gasteiger partial charge on any atom is -0.480 e. The molecule has 25 heavy (non-hydrogen) atoms. The van der Waals surface area contributed by atoms with E-state index in [1.165, 1.54) is 5.56 Å². The standard InChI is InChI=1S/C17H25N2O5P/c18-14-10-15(17(21)22)19(11-14)16(20)12-25(23,24)9-5-4-8-13-6-2-1-3-7-13/h1-3,6-7,14-15H,4-5,8-12,18H2,(H,21,22)(H,23,24)/t14-,15-/m0/s1. The zero-order valence-electron chi connectivity index (χ0n) is 14.1. The van der Waals surface area contributed by atoms with Gasteiger partial charge in [-0.15, -0.1) is 0 Å². The highest BCUT2D eigenvalue weighted by Crippen LogP contribution is 2.42. The predicted octanol–water partition coefficient (Wildman–Crippen LogP) is 1.29. The second kappa shape index (κ2) is 8.61. The third-order valence-electron chi connectivity index (χ3n) is 4.39. The van der Waals surface area contributed by atoms with Crippen LogP contribution in [0.4, 0.5) is 0 Å². The molecule has 0 radical (unpaired) electrons. The van der Waals surface area contributed by atoms with Gasteiger partial charge >= 0.3 is 5.97 Å². The Kier molecular flexibility index (Phi) is 6.76. The van der Waals surface area contributed by atoms with E-state index in [-0.39, 0.29) is 19.1 Å². The molecule has 0 bridgehead atoms. The second-order valence-electron chi connectivity index (χ2n) is 6.57. The van der Waals surface area contributed by atoms with Crippen molar-refractivity contribution in [3.05, 3.63) is 35.9 Å². The molecule has 0 aromatic heterocycles. The maximum Gasteiger partial charge on any atom is 0.326 e. The highest BCUT2D eigenvalue weighted by molar-refractivity contribution is 7.58. The molecule has 1 amide bonds. The van der Waals surface area contributed by atoms with Crippen LogP contribution in [0.15, 0.2) is 30.3 Å². The molecule has 1 saturated heterocycles. The van der Waals surface area contributed by atoms with E-state index in [1.807, 2.05) is 30.3 Å². The molecule has 0 saturated carbocycles. The van der Waals surface area contributed by atoms with Crippen molar-refractivity contribution < 1.29 is 24.2 Å². The number of aryl methyl sites for hydroxylation is 1. The number of aliphatic carboxylic acids is 1. The Morgan fingerprint density at radius 1 is 1.24 bits per heavy atom. The van der Waals surface area contributed by atoms with Crippen LogP contribution in [-0.2, 0) is 20.6 Å². The number of nitrogens with two attached hydrogens (primary N) is 1. The maximum atomic E-state index is 12.3. The topological polar surface area (TPSA) is 121 Å². The molecule has 1 aromatic carbocycles. The molecule has 1 aliphatic heterocycles. The van der Waals surface area contributed by atoms with Gasteiger partial charge in [-0.25, -0.2) is 4.79 Å². The van der Waals surface area contributed by atoms with Crippen LogP contribution in [0.25, 0.3) is 0 Å². The first-order chi connectivity index (χ1) is 11.8. The van der Waals surface area contributed by atoms with E-state index in [2.05, 4.69) is 0 Å². The Labute approximate surface area is 147 Å². The fraction of sp³-hybridized carbons (Fsp3) is 0.529. The fourth-order valence-electron chi connectivity index (χ4n) is 3.09. The van der Waals surface area contributed by atoms with Crippen LogP contribution in [0, 0.1) is 0 Å². The summed E-state index contributed by atoms with van der Waals surface area (Å²) >= 11 is 0. The van der Waals surface area contributed by atoms with Crippen molar-refractivity contribution >= 4 is 19.2 Å². The van der Waals surface area contributed by atoms with Gasteiger partial charge in [0.15, 0.2) is 0 Å². The van der Waals surface area contributed by atoms with Gasteiger partial charge in [-0.1, -0.05) is 30.3 Å². The normalized spacial score (nSPS) is 22.6. The minimum atomic E-state index is -3.62. The summed E-state index contributed by atoms with van der Waals surface area (Å²) in [5.41, 5.74) is 6.89. The van der Waals surface area contributed by atoms with E-state index >= 15 is 0 Å². The van der Waals surface area contributed by atoms with Gasteiger partial charge in [0, 0.05) is 18.7 Å². The van der Waals surface area contributed by atoms with Crippen molar-refractivity contribution in [2.45, 2.75) is 37.8 Å². The highest BCUT2D eigenvalue weighted by Gasteiger charge is 2.39. The lowest BCUT2D eigenvalue weighted by atomic mass is 10.1. The van der Waals surface area contributed by atoms with Gasteiger partial charge < -0.3 is 20.6 Å². The Bertz CT molecular complexity index is 652. The summed E-state index contributed by atoms with van der Waals surface area (Å²) < 4.78 is 12.3. The third kappa shape index (κ3) is 5.96. The monoisotopic (exact) mass is 368 g/mol. The summed E-state index contributed by atoms with van der Waals surface area (Å²) in [6, 6.07) is 8.44. The number of carbonyl (C=O) groups is 2. The van der Waals surface area contributed by atoms with E-state index in [4.69, 9.17) is 10.8 Å². The first-order valence-corrected chi connectivity index (χ1v) is 10.4. The van der Waals surface area contributed by atoms with Crippen LogP contribution in [-0.4, -0.2) is 57.7 Å². The number of nitrogens with zero attached hydrogens (tertiary/aromatic N) is 1. The number of amides is 1. The van der Waals surface area contributed by atoms with Crippen LogP contribution in [0.3, 0.4) is 0 Å². The zero-order chi connectivity index (χ0) is 18.4. The van der Waals surface area contributed by atoms with Crippen LogP contribution >= 0.6 is 7.37 Å². The van der Waals surface area contributed by atoms with Crippen LogP contribution < -0.4 is 5.73 Å². The molecule has 3 atom stereocenters. The smallest absolute Gasteiger partial charge is 0.326 e. The van der Waals surface area contributed by atoms with Gasteiger partial charge in [-0.05, 0) is 31.2 Å².